The van der Waals surface area contributed by atoms with E-state index in [1.165, 1.54) is 36.8 Å². The van der Waals surface area contributed by atoms with Crippen LogP contribution < -0.4 is 5.32 Å². The van der Waals surface area contributed by atoms with E-state index in [4.69, 9.17) is 5.10 Å². The molecule has 0 radical (unpaired) electrons. The number of nitrogens with one attached hydrogen (secondary N) is 1. The van der Waals surface area contributed by atoms with E-state index in [-0.39, 0.29) is 0 Å². The van der Waals surface area contributed by atoms with Gasteiger partial charge in [-0.3, -0.25) is 4.68 Å². The first-order chi connectivity index (χ1) is 10.7. The van der Waals surface area contributed by atoms with E-state index >= 15 is 0 Å². The molecule has 1 aromatic heterocycles. The fraction of sp³-hybridized carbons (Fsp3) is 0.611. The molecule has 2 aromatic rings. The second kappa shape index (κ2) is 5.67. The number of likely N-dealkylation sites (tertiary alicyclic amines) is 1. The lowest BCUT2D eigenvalue weighted by atomic mass is 9.92. The molecule has 0 bridgehead atoms. The molecule has 2 saturated heterocycles. The lowest BCUT2D eigenvalue weighted by Gasteiger charge is -2.28. The van der Waals surface area contributed by atoms with Crippen molar-refractivity contribution in [1.29, 1.82) is 0 Å². The van der Waals surface area contributed by atoms with Gasteiger partial charge >= 0.3 is 0 Å². The number of aromatic nitrogens is 2. The lowest BCUT2D eigenvalue weighted by molar-refractivity contribution is 0.333. The maximum Gasteiger partial charge on any atom is 0.0923 e. The van der Waals surface area contributed by atoms with Crippen LogP contribution in [0.3, 0.4) is 0 Å². The van der Waals surface area contributed by atoms with E-state index in [9.17, 15) is 0 Å². The molecular weight excluding hydrogens is 272 g/mol. The SMILES string of the molecule is CC1CCC(c2ccc3nn(C4CCN(C)C4)cc3c2)NC1. The van der Waals surface area contributed by atoms with Crippen LogP contribution in [0.1, 0.15) is 43.8 Å². The minimum absolute atomic E-state index is 0.515. The van der Waals surface area contributed by atoms with Crippen molar-refractivity contribution in [2.24, 2.45) is 5.92 Å². The Bertz CT molecular complexity index is 654. The summed E-state index contributed by atoms with van der Waals surface area (Å²) in [5.41, 5.74) is 2.55. The average Bonchev–Trinajstić information content (AvgIpc) is 3.13. The van der Waals surface area contributed by atoms with Gasteiger partial charge in [-0.15, -0.1) is 0 Å². The third-order valence-corrected chi connectivity index (χ3v) is 5.35. The van der Waals surface area contributed by atoms with Crippen LogP contribution in [0.2, 0.25) is 0 Å². The molecule has 22 heavy (non-hydrogen) atoms. The van der Waals surface area contributed by atoms with Gasteiger partial charge < -0.3 is 10.2 Å². The zero-order valence-corrected chi connectivity index (χ0v) is 13.6. The molecule has 1 N–H and O–H groups in total. The Morgan fingerprint density at radius 2 is 2.14 bits per heavy atom. The van der Waals surface area contributed by atoms with Gasteiger partial charge in [-0.1, -0.05) is 13.0 Å². The van der Waals surface area contributed by atoms with Gasteiger partial charge in [0.2, 0.25) is 0 Å². The molecule has 118 valence electrons. The van der Waals surface area contributed by atoms with Gasteiger partial charge in [0.15, 0.2) is 0 Å². The standard InChI is InChI=1S/C18H26N4/c1-13-3-5-17(19-10-13)14-4-6-18-15(9-14)11-22(20-18)16-7-8-21(2)12-16/h4,6,9,11,13,16-17,19H,3,5,7-8,10,12H2,1-2H3. The number of piperidine rings is 1. The maximum absolute atomic E-state index is 4.80. The summed E-state index contributed by atoms with van der Waals surface area (Å²) in [6.45, 7) is 5.75. The Kier molecular flexibility index (Phi) is 3.66. The Morgan fingerprint density at radius 3 is 2.86 bits per heavy atom. The zero-order valence-electron chi connectivity index (χ0n) is 13.6. The lowest BCUT2D eigenvalue weighted by Crippen LogP contribution is -2.31. The maximum atomic E-state index is 4.80. The zero-order chi connectivity index (χ0) is 15.1. The molecule has 3 unspecified atom stereocenters. The van der Waals surface area contributed by atoms with E-state index in [1.807, 2.05) is 0 Å². The highest BCUT2D eigenvalue weighted by Gasteiger charge is 2.23. The van der Waals surface area contributed by atoms with Gasteiger partial charge in [-0.25, -0.2) is 0 Å². The Morgan fingerprint density at radius 1 is 1.23 bits per heavy atom. The van der Waals surface area contributed by atoms with Crippen molar-refractivity contribution in [1.82, 2.24) is 20.0 Å². The summed E-state index contributed by atoms with van der Waals surface area (Å²) in [7, 11) is 2.19. The first-order valence-corrected chi connectivity index (χ1v) is 8.60. The van der Waals surface area contributed by atoms with E-state index in [0.717, 1.165) is 24.5 Å². The smallest absolute Gasteiger partial charge is 0.0923 e. The van der Waals surface area contributed by atoms with E-state index < -0.39 is 0 Å². The van der Waals surface area contributed by atoms with E-state index in [2.05, 4.69) is 53.3 Å². The van der Waals surface area contributed by atoms with Gasteiger partial charge in [-0.05, 0) is 63.0 Å². The van der Waals surface area contributed by atoms with Gasteiger partial charge in [-0.2, -0.15) is 5.10 Å². The van der Waals surface area contributed by atoms with Crippen LogP contribution in [-0.4, -0.2) is 41.4 Å². The summed E-state index contributed by atoms with van der Waals surface area (Å²) in [5.74, 6) is 0.807. The number of likely N-dealkylation sites (N-methyl/N-ethyl adjacent to an activating group) is 1. The fourth-order valence-electron chi connectivity index (χ4n) is 3.88. The molecule has 0 spiro atoms. The molecule has 0 saturated carbocycles. The van der Waals surface area contributed by atoms with E-state index in [0.29, 0.717) is 12.1 Å². The van der Waals surface area contributed by atoms with Crippen molar-refractivity contribution in [3.8, 4) is 0 Å². The molecule has 2 aliphatic heterocycles. The number of rotatable bonds is 2. The fourth-order valence-corrected chi connectivity index (χ4v) is 3.88. The summed E-state index contributed by atoms with van der Waals surface area (Å²) in [4.78, 5) is 2.38. The predicted molar refractivity (Wildman–Crippen MR) is 90.0 cm³/mol. The summed E-state index contributed by atoms with van der Waals surface area (Å²) in [5, 5.41) is 9.77. The molecule has 4 rings (SSSR count). The number of benzene rings is 1. The van der Waals surface area contributed by atoms with Crippen molar-refractivity contribution in [3.63, 3.8) is 0 Å². The second-order valence-corrected chi connectivity index (χ2v) is 7.28. The molecule has 3 heterocycles. The minimum atomic E-state index is 0.515. The summed E-state index contributed by atoms with van der Waals surface area (Å²) in [6, 6.07) is 7.84. The minimum Gasteiger partial charge on any atom is -0.310 e. The van der Waals surface area contributed by atoms with Gasteiger partial charge in [0.1, 0.15) is 0 Å². The van der Waals surface area contributed by atoms with E-state index in [1.54, 1.807) is 0 Å². The topological polar surface area (TPSA) is 33.1 Å². The molecule has 0 aliphatic carbocycles. The summed E-state index contributed by atoms with van der Waals surface area (Å²) in [6.07, 6.45) is 6.02. The first-order valence-electron chi connectivity index (χ1n) is 8.60. The average molecular weight is 298 g/mol. The third-order valence-electron chi connectivity index (χ3n) is 5.35. The van der Waals surface area contributed by atoms with Crippen LogP contribution in [0.25, 0.3) is 10.9 Å². The first kappa shape index (κ1) is 14.2. The van der Waals surface area contributed by atoms with Crippen molar-refractivity contribution in [2.75, 3.05) is 26.7 Å². The quantitative estimate of drug-likeness (QED) is 0.925. The highest BCUT2D eigenvalue weighted by molar-refractivity contribution is 5.79. The van der Waals surface area contributed by atoms with Crippen LogP contribution in [0, 0.1) is 5.92 Å². The molecule has 0 amide bonds. The van der Waals surface area contributed by atoms with Crippen LogP contribution in [0.4, 0.5) is 0 Å². The Balaban J connectivity index is 1.58. The molecule has 3 atom stereocenters. The van der Waals surface area contributed by atoms with Crippen LogP contribution >= 0.6 is 0 Å². The summed E-state index contributed by atoms with van der Waals surface area (Å²) < 4.78 is 2.19. The predicted octanol–water partition coefficient (Wildman–Crippen LogP) is 2.97. The van der Waals surface area contributed by atoms with Crippen molar-refractivity contribution >= 4 is 10.9 Å². The number of nitrogens with zero attached hydrogens (tertiary/aromatic N) is 3. The van der Waals surface area contributed by atoms with Crippen molar-refractivity contribution < 1.29 is 0 Å². The van der Waals surface area contributed by atoms with Crippen LogP contribution in [-0.2, 0) is 0 Å². The number of hydrogen-bond acceptors (Lipinski definition) is 3. The Labute approximate surface area is 132 Å². The largest absolute Gasteiger partial charge is 0.310 e. The van der Waals surface area contributed by atoms with Crippen LogP contribution in [0.5, 0.6) is 0 Å². The normalized spacial score (nSPS) is 30.2. The highest BCUT2D eigenvalue weighted by Crippen LogP contribution is 2.29. The molecule has 2 fully saturated rings. The molecule has 4 heteroatoms. The number of hydrogen-bond donors (Lipinski definition) is 1. The molecular formula is C18H26N4. The van der Waals surface area contributed by atoms with Gasteiger partial charge in [0, 0.05) is 24.2 Å². The molecule has 2 aliphatic rings. The Hall–Kier alpha value is -1.39. The third kappa shape index (κ3) is 2.66. The van der Waals surface area contributed by atoms with Crippen molar-refractivity contribution in [3.05, 3.63) is 30.0 Å². The van der Waals surface area contributed by atoms with Gasteiger partial charge in [0.05, 0.1) is 11.6 Å². The highest BCUT2D eigenvalue weighted by atomic mass is 15.3. The number of fused-ring (bicyclic) bond motifs is 1. The van der Waals surface area contributed by atoms with Crippen molar-refractivity contribution in [2.45, 2.75) is 38.3 Å². The van der Waals surface area contributed by atoms with Gasteiger partial charge in [0.25, 0.3) is 0 Å². The molecule has 4 nitrogen and oxygen atoms in total. The monoisotopic (exact) mass is 298 g/mol. The summed E-state index contributed by atoms with van der Waals surface area (Å²) >= 11 is 0. The second-order valence-electron chi connectivity index (χ2n) is 7.28. The molecule has 1 aromatic carbocycles. The van der Waals surface area contributed by atoms with Crippen LogP contribution in [0.15, 0.2) is 24.4 Å².